The summed E-state index contributed by atoms with van der Waals surface area (Å²) in [6.07, 6.45) is 5.62. The third kappa shape index (κ3) is 4.36. The number of aryl methyl sites for hydroxylation is 1. The van der Waals surface area contributed by atoms with Crippen LogP contribution in [-0.4, -0.2) is 53.2 Å². The Bertz CT molecular complexity index is 708. The molecule has 1 saturated carbocycles. The standard InChI is InChI=1S/C20H28N2O4/c1-13-9-17(16(4)22(13)18-6-7-18)5-8-20(24)25-12-19(23)21-10-14(2)26-15(3)11-21/h5,8-9,14-15,18H,6-7,10-12H2,1-4H3/b8-5+/t14-,15-/m0/s1. The smallest absolute Gasteiger partial charge is 0.331 e. The number of carbonyl (C=O) groups excluding carboxylic acids is 2. The molecule has 1 aromatic heterocycles. The predicted octanol–water partition coefficient (Wildman–Crippen LogP) is 2.63. The molecule has 3 rings (SSSR count). The van der Waals surface area contributed by atoms with Gasteiger partial charge in [0.2, 0.25) is 0 Å². The Balaban J connectivity index is 1.52. The third-order valence-corrected chi connectivity index (χ3v) is 4.94. The minimum Gasteiger partial charge on any atom is -0.452 e. The lowest BCUT2D eigenvalue weighted by atomic mass is 10.2. The molecule has 1 aliphatic carbocycles. The highest BCUT2D eigenvalue weighted by atomic mass is 16.5. The monoisotopic (exact) mass is 360 g/mol. The largest absolute Gasteiger partial charge is 0.452 e. The fourth-order valence-electron chi connectivity index (χ4n) is 3.68. The second-order valence-electron chi connectivity index (χ2n) is 7.42. The van der Waals surface area contributed by atoms with E-state index >= 15 is 0 Å². The first-order chi connectivity index (χ1) is 12.3. The Kier molecular flexibility index (Phi) is 5.51. The van der Waals surface area contributed by atoms with Crippen molar-refractivity contribution in [2.45, 2.75) is 58.8 Å². The summed E-state index contributed by atoms with van der Waals surface area (Å²) in [4.78, 5) is 25.9. The molecule has 142 valence electrons. The first-order valence-electron chi connectivity index (χ1n) is 9.31. The molecule has 2 fully saturated rings. The van der Waals surface area contributed by atoms with Gasteiger partial charge >= 0.3 is 5.97 Å². The normalized spacial score (nSPS) is 23.5. The molecule has 0 bridgehead atoms. The molecular formula is C20H28N2O4. The first kappa shape index (κ1) is 18.7. The summed E-state index contributed by atoms with van der Waals surface area (Å²) in [5.74, 6) is -0.676. The first-order valence-corrected chi connectivity index (χ1v) is 9.31. The van der Waals surface area contributed by atoms with Crippen LogP contribution < -0.4 is 0 Å². The van der Waals surface area contributed by atoms with Gasteiger partial charge in [-0.25, -0.2) is 4.79 Å². The summed E-state index contributed by atoms with van der Waals surface area (Å²) < 4.78 is 13.1. The molecule has 2 heterocycles. The molecule has 0 unspecified atom stereocenters. The van der Waals surface area contributed by atoms with Gasteiger partial charge in [0.05, 0.1) is 12.2 Å². The molecule has 1 aliphatic heterocycles. The number of amides is 1. The average Bonchev–Trinajstić information content (AvgIpc) is 3.36. The van der Waals surface area contributed by atoms with Crippen molar-refractivity contribution < 1.29 is 19.1 Å². The van der Waals surface area contributed by atoms with Gasteiger partial charge in [-0.05, 0) is 58.2 Å². The third-order valence-electron chi connectivity index (χ3n) is 4.94. The highest BCUT2D eigenvalue weighted by Gasteiger charge is 2.27. The van der Waals surface area contributed by atoms with Gasteiger partial charge in [-0.1, -0.05) is 0 Å². The van der Waals surface area contributed by atoms with E-state index in [2.05, 4.69) is 24.5 Å². The van der Waals surface area contributed by atoms with Crippen molar-refractivity contribution in [3.05, 3.63) is 29.1 Å². The quantitative estimate of drug-likeness (QED) is 0.598. The van der Waals surface area contributed by atoms with E-state index in [-0.39, 0.29) is 24.7 Å². The number of hydrogen-bond donors (Lipinski definition) is 0. The van der Waals surface area contributed by atoms with Crippen molar-refractivity contribution in [3.63, 3.8) is 0 Å². The van der Waals surface area contributed by atoms with E-state index in [0.717, 1.165) is 5.56 Å². The predicted molar refractivity (Wildman–Crippen MR) is 98.8 cm³/mol. The minimum atomic E-state index is -0.496. The number of aromatic nitrogens is 1. The average molecular weight is 360 g/mol. The van der Waals surface area contributed by atoms with Gasteiger partial charge in [-0.3, -0.25) is 4.79 Å². The molecular weight excluding hydrogens is 332 g/mol. The van der Waals surface area contributed by atoms with E-state index in [1.807, 2.05) is 13.8 Å². The van der Waals surface area contributed by atoms with Crippen molar-refractivity contribution in [3.8, 4) is 0 Å². The van der Waals surface area contributed by atoms with Crippen molar-refractivity contribution in [2.24, 2.45) is 0 Å². The van der Waals surface area contributed by atoms with Gasteiger partial charge in [0.25, 0.3) is 5.91 Å². The van der Waals surface area contributed by atoms with Gasteiger partial charge in [-0.2, -0.15) is 0 Å². The second-order valence-corrected chi connectivity index (χ2v) is 7.42. The van der Waals surface area contributed by atoms with Crippen molar-refractivity contribution in [1.82, 2.24) is 9.47 Å². The Morgan fingerprint density at radius 1 is 1.23 bits per heavy atom. The zero-order valence-corrected chi connectivity index (χ0v) is 16.0. The molecule has 0 N–H and O–H groups in total. The molecule has 1 aromatic rings. The van der Waals surface area contributed by atoms with Crippen LogP contribution in [0, 0.1) is 13.8 Å². The topological polar surface area (TPSA) is 60.8 Å². The van der Waals surface area contributed by atoms with Crippen LogP contribution in [0.1, 0.15) is 49.7 Å². The molecule has 26 heavy (non-hydrogen) atoms. The minimum absolute atomic E-state index is 0.0000152. The highest BCUT2D eigenvalue weighted by Crippen LogP contribution is 2.38. The van der Waals surface area contributed by atoms with Crippen LogP contribution in [0.4, 0.5) is 0 Å². The van der Waals surface area contributed by atoms with Gasteiger partial charge in [-0.15, -0.1) is 0 Å². The van der Waals surface area contributed by atoms with Crippen molar-refractivity contribution >= 4 is 18.0 Å². The summed E-state index contributed by atoms with van der Waals surface area (Å²) in [5.41, 5.74) is 3.40. The summed E-state index contributed by atoms with van der Waals surface area (Å²) >= 11 is 0. The van der Waals surface area contributed by atoms with Crippen LogP contribution in [-0.2, 0) is 19.1 Å². The van der Waals surface area contributed by atoms with E-state index in [4.69, 9.17) is 9.47 Å². The molecule has 2 aliphatic rings. The van der Waals surface area contributed by atoms with E-state index in [0.29, 0.717) is 19.1 Å². The van der Waals surface area contributed by atoms with E-state index < -0.39 is 5.97 Å². The van der Waals surface area contributed by atoms with Crippen molar-refractivity contribution in [1.29, 1.82) is 0 Å². The SMILES string of the molecule is Cc1cc(/C=C/C(=O)OCC(=O)N2C[C@H](C)O[C@@H](C)C2)c(C)n1C1CC1. The Labute approximate surface area is 154 Å². The molecule has 0 spiro atoms. The molecule has 0 aromatic carbocycles. The molecule has 1 amide bonds. The number of rotatable bonds is 5. The van der Waals surface area contributed by atoms with Crippen LogP contribution in [0.25, 0.3) is 6.08 Å². The zero-order chi connectivity index (χ0) is 18.8. The summed E-state index contributed by atoms with van der Waals surface area (Å²) in [5, 5.41) is 0. The Hall–Kier alpha value is -2.08. The summed E-state index contributed by atoms with van der Waals surface area (Å²) in [6.45, 7) is 8.85. The van der Waals surface area contributed by atoms with Gasteiger partial charge < -0.3 is 18.9 Å². The maximum absolute atomic E-state index is 12.2. The summed E-state index contributed by atoms with van der Waals surface area (Å²) in [6, 6.07) is 2.69. The van der Waals surface area contributed by atoms with Crippen LogP contribution in [0.3, 0.4) is 0 Å². The van der Waals surface area contributed by atoms with Crippen LogP contribution in [0.2, 0.25) is 0 Å². The fourth-order valence-corrected chi connectivity index (χ4v) is 3.68. The second kappa shape index (κ2) is 7.66. The number of ether oxygens (including phenoxy) is 2. The fraction of sp³-hybridized carbons (Fsp3) is 0.600. The number of esters is 1. The number of hydrogen-bond acceptors (Lipinski definition) is 4. The van der Waals surface area contributed by atoms with E-state index in [9.17, 15) is 9.59 Å². The maximum atomic E-state index is 12.2. The number of morpholine rings is 1. The van der Waals surface area contributed by atoms with Gasteiger partial charge in [0.15, 0.2) is 6.61 Å². The zero-order valence-electron chi connectivity index (χ0n) is 16.0. The molecule has 6 nitrogen and oxygen atoms in total. The number of nitrogens with zero attached hydrogens (tertiary/aromatic N) is 2. The lowest BCUT2D eigenvalue weighted by Crippen LogP contribution is -2.49. The summed E-state index contributed by atoms with van der Waals surface area (Å²) in [7, 11) is 0. The van der Waals surface area contributed by atoms with Gasteiger partial charge in [0, 0.05) is 36.6 Å². The molecule has 1 saturated heterocycles. The lowest BCUT2D eigenvalue weighted by Gasteiger charge is -2.35. The van der Waals surface area contributed by atoms with Crippen LogP contribution in [0.15, 0.2) is 12.1 Å². The van der Waals surface area contributed by atoms with E-state index in [1.54, 1.807) is 11.0 Å². The molecule has 6 heteroatoms. The number of carbonyl (C=O) groups is 2. The Morgan fingerprint density at radius 3 is 2.50 bits per heavy atom. The Morgan fingerprint density at radius 2 is 1.88 bits per heavy atom. The molecule has 0 radical (unpaired) electrons. The van der Waals surface area contributed by atoms with Crippen LogP contribution >= 0.6 is 0 Å². The maximum Gasteiger partial charge on any atom is 0.331 e. The van der Waals surface area contributed by atoms with E-state index in [1.165, 1.54) is 30.3 Å². The highest BCUT2D eigenvalue weighted by molar-refractivity contribution is 5.89. The molecule has 2 atom stereocenters. The lowest BCUT2D eigenvalue weighted by molar-refractivity contribution is -0.154. The van der Waals surface area contributed by atoms with Crippen LogP contribution in [0.5, 0.6) is 0 Å². The van der Waals surface area contributed by atoms with Gasteiger partial charge in [0.1, 0.15) is 0 Å². The van der Waals surface area contributed by atoms with Crippen molar-refractivity contribution in [2.75, 3.05) is 19.7 Å².